The number of imide groups is 1. The van der Waals surface area contributed by atoms with Crippen molar-refractivity contribution in [1.29, 1.82) is 5.26 Å². The first-order valence-corrected chi connectivity index (χ1v) is 11.7. The Bertz CT molecular complexity index is 1300. The van der Waals surface area contributed by atoms with Crippen LogP contribution in [0, 0.1) is 18.3 Å². The van der Waals surface area contributed by atoms with E-state index in [-0.39, 0.29) is 31.2 Å². The second-order valence-corrected chi connectivity index (χ2v) is 9.54. The van der Waals surface area contributed by atoms with E-state index in [2.05, 4.69) is 16.0 Å². The number of carbonyl (C=O) groups excluding carboxylic acids is 2. The minimum Gasteiger partial charge on any atom is -0.486 e. The molecule has 1 aliphatic carbocycles. The van der Waals surface area contributed by atoms with Gasteiger partial charge in [-0.1, -0.05) is 0 Å². The van der Waals surface area contributed by atoms with E-state index < -0.39 is 12.3 Å². The summed E-state index contributed by atoms with van der Waals surface area (Å²) in [5.74, 6) is 0.173. The van der Waals surface area contributed by atoms with Gasteiger partial charge in [0.1, 0.15) is 24.4 Å². The number of amides is 2. The standard InChI is InChI=1S/C24H21FN4O3S/c1-13-7-14(10-26)8-16(23(13)32-19-4-2-3-17(19)25)22-24-18(27-12-28-22)9-15(33-24)11-29-20(30)5-6-21(29)31/h7-9,12,17,19H,2-6,11H2,1H3/t17-,19+/m0/s1. The Labute approximate surface area is 193 Å². The molecule has 9 heteroatoms. The fraction of sp³-hybridized carbons (Fsp3) is 0.375. The molecule has 168 valence electrons. The van der Waals surface area contributed by atoms with Gasteiger partial charge in [-0.25, -0.2) is 14.4 Å². The van der Waals surface area contributed by atoms with Crippen LogP contribution in [0.4, 0.5) is 4.39 Å². The number of nitrogens with zero attached hydrogens (tertiary/aromatic N) is 4. The van der Waals surface area contributed by atoms with Crippen molar-refractivity contribution in [3.63, 3.8) is 0 Å². The minimum atomic E-state index is -1.03. The van der Waals surface area contributed by atoms with Crippen molar-refractivity contribution in [2.24, 2.45) is 0 Å². The number of benzene rings is 1. The molecule has 7 nitrogen and oxygen atoms in total. The Morgan fingerprint density at radius 1 is 1.21 bits per heavy atom. The molecule has 1 saturated carbocycles. The Morgan fingerprint density at radius 2 is 2.00 bits per heavy atom. The van der Waals surface area contributed by atoms with Crippen molar-refractivity contribution in [2.45, 2.75) is 57.8 Å². The van der Waals surface area contributed by atoms with Crippen LogP contribution in [0.2, 0.25) is 0 Å². The van der Waals surface area contributed by atoms with Crippen molar-refractivity contribution >= 4 is 33.4 Å². The van der Waals surface area contributed by atoms with E-state index in [0.29, 0.717) is 40.9 Å². The SMILES string of the molecule is Cc1cc(C#N)cc(-c2ncnc3cc(CN4C(=O)CCC4=O)sc23)c1O[C@@H]1CCC[C@@H]1F. The molecule has 3 heterocycles. The Balaban J connectivity index is 1.59. The molecule has 0 radical (unpaired) electrons. The highest BCUT2D eigenvalue weighted by Gasteiger charge is 2.31. The topological polar surface area (TPSA) is 96.2 Å². The summed E-state index contributed by atoms with van der Waals surface area (Å²) in [6.45, 7) is 2.04. The zero-order valence-electron chi connectivity index (χ0n) is 18.0. The summed E-state index contributed by atoms with van der Waals surface area (Å²) in [6, 6.07) is 7.45. The molecule has 1 saturated heterocycles. The summed E-state index contributed by atoms with van der Waals surface area (Å²) in [7, 11) is 0. The van der Waals surface area contributed by atoms with Gasteiger partial charge in [0.15, 0.2) is 0 Å². The molecule has 1 aromatic carbocycles. The van der Waals surface area contributed by atoms with E-state index in [9.17, 15) is 19.2 Å². The molecule has 2 aliphatic rings. The first kappa shape index (κ1) is 21.5. The third-order valence-corrected chi connectivity index (χ3v) is 7.25. The van der Waals surface area contributed by atoms with Gasteiger partial charge in [0, 0.05) is 23.3 Å². The van der Waals surface area contributed by atoms with E-state index in [0.717, 1.165) is 21.6 Å². The first-order chi connectivity index (χ1) is 15.9. The summed E-state index contributed by atoms with van der Waals surface area (Å²) in [4.78, 5) is 35.0. The van der Waals surface area contributed by atoms with Crippen LogP contribution in [-0.2, 0) is 16.1 Å². The Kier molecular flexibility index (Phi) is 5.54. The number of halogens is 1. The third-order valence-electron chi connectivity index (χ3n) is 6.13. The van der Waals surface area contributed by atoms with Crippen LogP contribution in [0.3, 0.4) is 0 Å². The van der Waals surface area contributed by atoms with E-state index in [1.54, 1.807) is 12.1 Å². The molecule has 5 rings (SSSR count). The highest BCUT2D eigenvalue weighted by Crippen LogP contribution is 2.41. The van der Waals surface area contributed by atoms with Gasteiger partial charge in [0.25, 0.3) is 0 Å². The summed E-state index contributed by atoms with van der Waals surface area (Å²) in [5.41, 5.74) is 3.06. The fourth-order valence-electron chi connectivity index (χ4n) is 4.46. The molecular weight excluding hydrogens is 443 g/mol. The maximum atomic E-state index is 14.3. The van der Waals surface area contributed by atoms with Gasteiger partial charge in [-0.05, 0) is 49.9 Å². The molecule has 1 aliphatic heterocycles. The highest BCUT2D eigenvalue weighted by atomic mass is 32.1. The predicted octanol–water partition coefficient (Wildman–Crippen LogP) is 4.46. The summed E-state index contributed by atoms with van der Waals surface area (Å²) in [5, 5.41) is 9.53. The fourth-order valence-corrected chi connectivity index (χ4v) is 5.57. The van der Waals surface area contributed by atoms with Crippen LogP contribution in [0.5, 0.6) is 5.75 Å². The number of likely N-dealkylation sites (tertiary alicyclic amines) is 1. The molecule has 0 bridgehead atoms. The summed E-state index contributed by atoms with van der Waals surface area (Å²) in [6.07, 6.45) is 2.26. The number of rotatable bonds is 5. The van der Waals surface area contributed by atoms with Gasteiger partial charge in [-0.2, -0.15) is 5.26 Å². The molecular formula is C24H21FN4O3S. The zero-order chi connectivity index (χ0) is 23.1. The molecule has 2 fully saturated rings. The predicted molar refractivity (Wildman–Crippen MR) is 120 cm³/mol. The quantitative estimate of drug-likeness (QED) is 0.518. The Hall–Kier alpha value is -3.38. The molecule has 0 unspecified atom stereocenters. The van der Waals surface area contributed by atoms with E-state index in [4.69, 9.17) is 4.74 Å². The van der Waals surface area contributed by atoms with Gasteiger partial charge in [0.2, 0.25) is 11.8 Å². The van der Waals surface area contributed by atoms with Crippen LogP contribution in [0.15, 0.2) is 24.5 Å². The molecule has 3 aromatic rings. The van der Waals surface area contributed by atoms with Crippen LogP contribution in [-0.4, -0.2) is 39.0 Å². The molecule has 33 heavy (non-hydrogen) atoms. The number of hydrogen-bond acceptors (Lipinski definition) is 7. The second-order valence-electron chi connectivity index (χ2n) is 8.41. The zero-order valence-corrected chi connectivity index (χ0v) is 18.8. The van der Waals surface area contributed by atoms with Crippen molar-refractivity contribution in [1.82, 2.24) is 14.9 Å². The molecule has 2 amide bonds. The molecule has 2 atom stereocenters. The van der Waals surface area contributed by atoms with Crippen molar-refractivity contribution in [3.05, 3.63) is 40.5 Å². The minimum absolute atomic E-state index is 0.172. The van der Waals surface area contributed by atoms with E-state index in [1.165, 1.54) is 22.6 Å². The van der Waals surface area contributed by atoms with Gasteiger partial charge in [-0.15, -0.1) is 11.3 Å². The average molecular weight is 465 g/mol. The summed E-state index contributed by atoms with van der Waals surface area (Å²) < 4.78 is 21.3. The van der Waals surface area contributed by atoms with Crippen LogP contribution in [0.25, 0.3) is 21.5 Å². The van der Waals surface area contributed by atoms with Crippen molar-refractivity contribution in [2.75, 3.05) is 0 Å². The summed E-state index contributed by atoms with van der Waals surface area (Å²) >= 11 is 1.40. The number of alkyl halides is 1. The number of aryl methyl sites for hydroxylation is 1. The van der Waals surface area contributed by atoms with Crippen molar-refractivity contribution in [3.8, 4) is 23.1 Å². The van der Waals surface area contributed by atoms with Crippen LogP contribution in [0.1, 0.15) is 48.1 Å². The number of thiophene rings is 1. The van der Waals surface area contributed by atoms with Gasteiger partial charge >= 0.3 is 0 Å². The monoisotopic (exact) mass is 464 g/mol. The number of fused-ring (bicyclic) bond motifs is 1. The highest BCUT2D eigenvalue weighted by molar-refractivity contribution is 7.19. The normalized spacial score (nSPS) is 20.6. The lowest BCUT2D eigenvalue weighted by molar-refractivity contribution is -0.138. The Morgan fingerprint density at radius 3 is 2.70 bits per heavy atom. The lowest BCUT2D eigenvalue weighted by Gasteiger charge is -2.20. The number of aromatic nitrogens is 2. The van der Waals surface area contributed by atoms with Crippen LogP contribution >= 0.6 is 11.3 Å². The third kappa shape index (κ3) is 3.95. The molecule has 0 spiro atoms. The maximum absolute atomic E-state index is 14.3. The molecule has 2 aromatic heterocycles. The second kappa shape index (κ2) is 8.52. The lowest BCUT2D eigenvalue weighted by atomic mass is 10.0. The number of nitriles is 1. The van der Waals surface area contributed by atoms with E-state index >= 15 is 0 Å². The van der Waals surface area contributed by atoms with Crippen molar-refractivity contribution < 1.29 is 18.7 Å². The maximum Gasteiger partial charge on any atom is 0.230 e. The first-order valence-electron chi connectivity index (χ1n) is 10.9. The van der Waals surface area contributed by atoms with Gasteiger partial charge in [0.05, 0.1) is 34.1 Å². The smallest absolute Gasteiger partial charge is 0.230 e. The lowest BCUT2D eigenvalue weighted by Crippen LogP contribution is -2.27. The number of ether oxygens (including phenoxy) is 1. The van der Waals surface area contributed by atoms with Gasteiger partial charge < -0.3 is 4.74 Å². The van der Waals surface area contributed by atoms with Crippen LogP contribution < -0.4 is 4.74 Å². The average Bonchev–Trinajstić information content (AvgIpc) is 3.49. The number of carbonyl (C=O) groups is 2. The molecule has 0 N–H and O–H groups in total. The van der Waals surface area contributed by atoms with E-state index in [1.807, 2.05) is 13.0 Å². The largest absolute Gasteiger partial charge is 0.486 e. The number of hydrogen-bond donors (Lipinski definition) is 0. The van der Waals surface area contributed by atoms with Gasteiger partial charge in [-0.3, -0.25) is 14.5 Å².